The molecule has 3 rings (SSSR count). The molecule has 2 saturated heterocycles. The van der Waals surface area contributed by atoms with Crippen LogP contribution in [0.25, 0.3) is 0 Å². The molecule has 3 heteroatoms. The summed E-state index contributed by atoms with van der Waals surface area (Å²) in [5, 5.41) is 0. The van der Waals surface area contributed by atoms with E-state index >= 15 is 0 Å². The maximum atomic E-state index is 5.80. The van der Waals surface area contributed by atoms with E-state index in [2.05, 4.69) is 35.8 Å². The first-order valence-electron chi connectivity index (χ1n) is 8.17. The van der Waals surface area contributed by atoms with Gasteiger partial charge in [-0.25, -0.2) is 0 Å². The average molecular weight is 276 g/mol. The highest BCUT2D eigenvalue weighted by molar-refractivity contribution is 5.06. The molecule has 1 aromatic rings. The summed E-state index contributed by atoms with van der Waals surface area (Å²) in [6, 6.07) is 5.65. The first kappa shape index (κ1) is 14.2. The largest absolute Gasteiger partial charge is 0.465 e. The number of hydrogen-bond acceptors (Lipinski definition) is 3. The van der Waals surface area contributed by atoms with E-state index in [1.54, 1.807) is 0 Å². The molecule has 2 aliphatic heterocycles. The van der Waals surface area contributed by atoms with E-state index in [0.29, 0.717) is 12.0 Å². The van der Waals surface area contributed by atoms with Gasteiger partial charge >= 0.3 is 0 Å². The molecule has 2 fully saturated rings. The van der Waals surface area contributed by atoms with Gasteiger partial charge in [0.1, 0.15) is 11.5 Å². The third-order valence-corrected chi connectivity index (χ3v) is 5.01. The number of piperidine rings is 1. The minimum atomic E-state index is 0.662. The van der Waals surface area contributed by atoms with Crippen LogP contribution in [0.4, 0.5) is 0 Å². The number of furan rings is 1. The fraction of sp³-hybridized carbons (Fsp3) is 0.765. The Bertz CT molecular complexity index is 440. The summed E-state index contributed by atoms with van der Waals surface area (Å²) in [5.74, 6) is 2.85. The lowest BCUT2D eigenvalue weighted by molar-refractivity contribution is -0.0147. The van der Waals surface area contributed by atoms with Crippen molar-refractivity contribution in [2.45, 2.75) is 58.7 Å². The lowest BCUT2D eigenvalue weighted by Crippen LogP contribution is -2.60. The Morgan fingerprint density at radius 3 is 2.80 bits per heavy atom. The molecule has 2 atom stereocenters. The van der Waals surface area contributed by atoms with Crippen molar-refractivity contribution < 1.29 is 4.42 Å². The van der Waals surface area contributed by atoms with E-state index in [9.17, 15) is 0 Å². The van der Waals surface area contributed by atoms with Gasteiger partial charge in [-0.05, 0) is 44.4 Å². The minimum absolute atomic E-state index is 0.662. The lowest BCUT2D eigenvalue weighted by atomic mass is 9.92. The summed E-state index contributed by atoms with van der Waals surface area (Å²) in [6.07, 6.45) is 4.17. The van der Waals surface area contributed by atoms with Gasteiger partial charge in [-0.3, -0.25) is 9.80 Å². The summed E-state index contributed by atoms with van der Waals surface area (Å²) < 4.78 is 5.80. The van der Waals surface area contributed by atoms with Gasteiger partial charge < -0.3 is 4.42 Å². The number of piperazine rings is 1. The normalized spacial score (nSPS) is 28.8. The topological polar surface area (TPSA) is 19.6 Å². The number of nitrogens with zero attached hydrogens (tertiary/aromatic N) is 2. The molecule has 0 saturated carbocycles. The molecule has 112 valence electrons. The monoisotopic (exact) mass is 276 g/mol. The Kier molecular flexibility index (Phi) is 4.18. The maximum Gasteiger partial charge on any atom is 0.118 e. The first-order chi connectivity index (χ1) is 9.63. The lowest BCUT2D eigenvalue weighted by Gasteiger charge is -2.49. The van der Waals surface area contributed by atoms with Crippen LogP contribution in [-0.2, 0) is 6.54 Å². The zero-order chi connectivity index (χ0) is 14.1. The van der Waals surface area contributed by atoms with E-state index < -0.39 is 0 Å². The van der Waals surface area contributed by atoms with E-state index in [1.807, 2.05) is 6.92 Å². The van der Waals surface area contributed by atoms with Gasteiger partial charge in [0.2, 0.25) is 0 Å². The second-order valence-electron chi connectivity index (χ2n) is 6.90. The molecule has 0 spiro atoms. The second-order valence-corrected chi connectivity index (χ2v) is 6.90. The molecule has 3 nitrogen and oxygen atoms in total. The van der Waals surface area contributed by atoms with Crippen LogP contribution in [0.3, 0.4) is 0 Å². The van der Waals surface area contributed by atoms with E-state index in [1.165, 1.54) is 38.9 Å². The SMILES string of the molecule is Cc1ccc(CN2CC3CCCCN3CC2C(C)C)o1. The van der Waals surface area contributed by atoms with Gasteiger partial charge in [0.05, 0.1) is 6.54 Å². The summed E-state index contributed by atoms with van der Waals surface area (Å²) in [5.41, 5.74) is 0. The third kappa shape index (κ3) is 2.94. The predicted molar refractivity (Wildman–Crippen MR) is 81.7 cm³/mol. The Morgan fingerprint density at radius 2 is 2.10 bits per heavy atom. The summed E-state index contributed by atoms with van der Waals surface area (Å²) in [4.78, 5) is 5.40. The molecule has 0 aliphatic carbocycles. The standard InChI is InChI=1S/C17H28N2O/c1-13(2)17-12-18-9-5-4-6-15(18)10-19(17)11-16-8-7-14(3)20-16/h7-8,13,15,17H,4-6,9-12H2,1-3H3. The smallest absolute Gasteiger partial charge is 0.118 e. The van der Waals surface area contributed by atoms with Crippen LogP contribution in [0.5, 0.6) is 0 Å². The maximum absolute atomic E-state index is 5.80. The third-order valence-electron chi connectivity index (χ3n) is 5.01. The van der Waals surface area contributed by atoms with Crippen LogP contribution in [0.15, 0.2) is 16.5 Å². The van der Waals surface area contributed by atoms with Gasteiger partial charge in [0.15, 0.2) is 0 Å². The minimum Gasteiger partial charge on any atom is -0.465 e. The van der Waals surface area contributed by atoms with Crippen molar-refractivity contribution in [2.24, 2.45) is 5.92 Å². The zero-order valence-electron chi connectivity index (χ0n) is 13.1. The quantitative estimate of drug-likeness (QED) is 0.844. The highest BCUT2D eigenvalue weighted by Gasteiger charge is 2.36. The Hall–Kier alpha value is -0.800. The molecular formula is C17H28N2O. The molecule has 0 amide bonds. The van der Waals surface area contributed by atoms with Crippen molar-refractivity contribution in [3.63, 3.8) is 0 Å². The fourth-order valence-electron chi connectivity index (χ4n) is 3.85. The average Bonchev–Trinajstić information content (AvgIpc) is 2.83. The molecule has 20 heavy (non-hydrogen) atoms. The number of aryl methyl sites for hydroxylation is 1. The Balaban J connectivity index is 1.72. The number of hydrogen-bond donors (Lipinski definition) is 0. The van der Waals surface area contributed by atoms with Crippen LogP contribution < -0.4 is 0 Å². The van der Waals surface area contributed by atoms with Crippen LogP contribution in [-0.4, -0.2) is 41.5 Å². The van der Waals surface area contributed by atoms with Crippen molar-refractivity contribution in [2.75, 3.05) is 19.6 Å². The van der Waals surface area contributed by atoms with Gasteiger partial charge in [-0.1, -0.05) is 20.3 Å². The highest BCUT2D eigenvalue weighted by Crippen LogP contribution is 2.28. The van der Waals surface area contributed by atoms with Crippen LogP contribution in [0.1, 0.15) is 44.6 Å². The second kappa shape index (κ2) is 5.90. The predicted octanol–water partition coefficient (Wildman–Crippen LogP) is 3.28. The number of fused-ring (bicyclic) bond motifs is 1. The Labute approximate surface area is 122 Å². The van der Waals surface area contributed by atoms with Crippen molar-refractivity contribution in [3.8, 4) is 0 Å². The zero-order valence-corrected chi connectivity index (χ0v) is 13.1. The molecular weight excluding hydrogens is 248 g/mol. The number of rotatable bonds is 3. The molecule has 1 aromatic heterocycles. The fourth-order valence-corrected chi connectivity index (χ4v) is 3.85. The summed E-state index contributed by atoms with van der Waals surface area (Å²) in [7, 11) is 0. The van der Waals surface area contributed by atoms with Crippen molar-refractivity contribution in [3.05, 3.63) is 23.7 Å². The highest BCUT2D eigenvalue weighted by atomic mass is 16.3. The molecule has 2 aliphatic rings. The molecule has 0 N–H and O–H groups in total. The molecule has 0 aromatic carbocycles. The molecule has 0 radical (unpaired) electrons. The first-order valence-corrected chi connectivity index (χ1v) is 8.17. The summed E-state index contributed by atoms with van der Waals surface area (Å²) in [6.45, 7) is 11.5. The van der Waals surface area contributed by atoms with Crippen molar-refractivity contribution >= 4 is 0 Å². The van der Waals surface area contributed by atoms with Gasteiger partial charge in [0, 0.05) is 25.2 Å². The van der Waals surface area contributed by atoms with Crippen molar-refractivity contribution in [1.29, 1.82) is 0 Å². The molecule has 2 unspecified atom stereocenters. The molecule has 3 heterocycles. The Morgan fingerprint density at radius 1 is 1.25 bits per heavy atom. The van der Waals surface area contributed by atoms with Crippen LogP contribution >= 0.6 is 0 Å². The van der Waals surface area contributed by atoms with E-state index in [0.717, 1.165) is 24.1 Å². The van der Waals surface area contributed by atoms with Crippen molar-refractivity contribution in [1.82, 2.24) is 9.80 Å². The van der Waals surface area contributed by atoms with Gasteiger partial charge in [0.25, 0.3) is 0 Å². The van der Waals surface area contributed by atoms with Crippen LogP contribution in [0.2, 0.25) is 0 Å². The van der Waals surface area contributed by atoms with Gasteiger partial charge in [-0.2, -0.15) is 0 Å². The van der Waals surface area contributed by atoms with Crippen LogP contribution in [0, 0.1) is 12.8 Å². The summed E-state index contributed by atoms with van der Waals surface area (Å²) >= 11 is 0. The van der Waals surface area contributed by atoms with Gasteiger partial charge in [-0.15, -0.1) is 0 Å². The molecule has 0 bridgehead atoms. The van der Waals surface area contributed by atoms with E-state index in [-0.39, 0.29) is 0 Å². The van der Waals surface area contributed by atoms with E-state index in [4.69, 9.17) is 4.42 Å².